The Hall–Kier alpha value is -3.26. The van der Waals surface area contributed by atoms with Gasteiger partial charge < -0.3 is 24.8 Å². The van der Waals surface area contributed by atoms with Crippen LogP contribution < -0.4 is 24.8 Å². The fourth-order valence-electron chi connectivity index (χ4n) is 2.66. The lowest BCUT2D eigenvalue weighted by Gasteiger charge is -2.13. The molecule has 0 amide bonds. The van der Waals surface area contributed by atoms with E-state index in [4.69, 9.17) is 19.2 Å². The van der Waals surface area contributed by atoms with Crippen LogP contribution in [0.4, 0.5) is 5.69 Å². The van der Waals surface area contributed by atoms with Crippen molar-refractivity contribution in [2.45, 2.75) is 6.54 Å². The van der Waals surface area contributed by atoms with Gasteiger partial charge in [0.1, 0.15) is 10.8 Å². The second-order valence-electron chi connectivity index (χ2n) is 5.99. The van der Waals surface area contributed by atoms with Crippen LogP contribution >= 0.6 is 11.3 Å². The fourth-order valence-corrected chi connectivity index (χ4v) is 3.48. The number of nitrogens with one attached hydrogen (secondary N) is 2. The maximum absolute atomic E-state index is 5.34. The van der Waals surface area contributed by atoms with E-state index in [0.717, 1.165) is 27.7 Å². The average molecular weight is 413 g/mol. The van der Waals surface area contributed by atoms with Gasteiger partial charge in [0.15, 0.2) is 17.5 Å². The van der Waals surface area contributed by atoms with Crippen LogP contribution in [0.15, 0.2) is 52.8 Å². The number of hydrogen-bond donors (Lipinski definition) is 2. The molecular formula is C21H24N4O3S. The molecule has 3 aromatic rings. The Labute approximate surface area is 174 Å². The van der Waals surface area contributed by atoms with Crippen LogP contribution in [0.5, 0.6) is 17.2 Å². The molecule has 152 valence electrons. The van der Waals surface area contributed by atoms with E-state index in [0.29, 0.717) is 24.0 Å². The van der Waals surface area contributed by atoms with Gasteiger partial charge in [-0.1, -0.05) is 0 Å². The smallest absolute Gasteiger partial charge is 0.195 e. The van der Waals surface area contributed by atoms with Crippen LogP contribution in [0.2, 0.25) is 0 Å². The fraction of sp³-hybridized carbons (Fsp3) is 0.238. The molecule has 8 heteroatoms. The highest BCUT2D eigenvalue weighted by atomic mass is 32.1. The molecule has 0 bridgehead atoms. The van der Waals surface area contributed by atoms with Gasteiger partial charge in [0.05, 0.1) is 33.6 Å². The normalized spacial score (nSPS) is 11.1. The third-order valence-electron chi connectivity index (χ3n) is 4.20. The first-order chi connectivity index (χ1) is 14.2. The molecule has 3 rings (SSSR count). The Balaban J connectivity index is 1.62. The number of anilines is 1. The number of methoxy groups -OCH3 is 3. The number of hydrogen-bond acceptors (Lipinski definition) is 6. The molecule has 0 radical (unpaired) electrons. The molecule has 0 saturated carbocycles. The second kappa shape index (κ2) is 9.79. The molecule has 0 spiro atoms. The first kappa shape index (κ1) is 20.5. The van der Waals surface area contributed by atoms with Crippen molar-refractivity contribution in [2.24, 2.45) is 4.99 Å². The summed E-state index contributed by atoms with van der Waals surface area (Å²) in [6, 6.07) is 13.5. The zero-order valence-electron chi connectivity index (χ0n) is 16.9. The summed E-state index contributed by atoms with van der Waals surface area (Å²) < 4.78 is 15.8. The van der Waals surface area contributed by atoms with E-state index in [-0.39, 0.29) is 0 Å². The monoisotopic (exact) mass is 412 g/mol. The predicted molar refractivity (Wildman–Crippen MR) is 117 cm³/mol. The maximum atomic E-state index is 5.34. The second-order valence-corrected chi connectivity index (χ2v) is 6.85. The molecule has 7 nitrogen and oxygen atoms in total. The number of guanidine groups is 1. The van der Waals surface area contributed by atoms with E-state index in [1.165, 1.54) is 0 Å². The number of aromatic nitrogens is 1. The molecule has 0 aliphatic carbocycles. The lowest BCUT2D eigenvalue weighted by atomic mass is 10.2. The van der Waals surface area contributed by atoms with Crippen molar-refractivity contribution in [3.05, 3.63) is 53.5 Å². The van der Waals surface area contributed by atoms with E-state index < -0.39 is 0 Å². The van der Waals surface area contributed by atoms with Crippen LogP contribution in [-0.4, -0.2) is 39.3 Å². The molecule has 2 N–H and O–H groups in total. The molecule has 2 aromatic carbocycles. The van der Waals surface area contributed by atoms with Crippen molar-refractivity contribution in [1.29, 1.82) is 0 Å². The van der Waals surface area contributed by atoms with Crippen LogP contribution in [-0.2, 0) is 6.54 Å². The Morgan fingerprint density at radius 2 is 1.76 bits per heavy atom. The van der Waals surface area contributed by atoms with Gasteiger partial charge in [0.25, 0.3) is 0 Å². The molecule has 0 atom stereocenters. The van der Waals surface area contributed by atoms with Crippen molar-refractivity contribution in [1.82, 2.24) is 10.3 Å². The highest BCUT2D eigenvalue weighted by molar-refractivity contribution is 7.13. The first-order valence-electron chi connectivity index (χ1n) is 8.95. The zero-order valence-corrected chi connectivity index (χ0v) is 17.7. The van der Waals surface area contributed by atoms with Crippen LogP contribution in [0.25, 0.3) is 10.6 Å². The topological polar surface area (TPSA) is 77.0 Å². The van der Waals surface area contributed by atoms with Crippen LogP contribution in [0.1, 0.15) is 5.69 Å². The first-order valence-corrected chi connectivity index (χ1v) is 9.83. The predicted octanol–water partition coefficient (Wildman–Crippen LogP) is 4.02. The van der Waals surface area contributed by atoms with Crippen molar-refractivity contribution in [2.75, 3.05) is 33.7 Å². The number of rotatable bonds is 7. The van der Waals surface area contributed by atoms with E-state index in [9.17, 15) is 0 Å². The van der Waals surface area contributed by atoms with Crippen molar-refractivity contribution < 1.29 is 14.2 Å². The van der Waals surface area contributed by atoms with Crippen molar-refractivity contribution >= 4 is 23.0 Å². The Bertz CT molecular complexity index is 970. The summed E-state index contributed by atoms with van der Waals surface area (Å²) in [6.45, 7) is 0.555. The lowest BCUT2D eigenvalue weighted by molar-refractivity contribution is 0.355. The number of thiazole rings is 1. The maximum Gasteiger partial charge on any atom is 0.195 e. The Kier molecular flexibility index (Phi) is 6.91. The zero-order chi connectivity index (χ0) is 20.6. The molecule has 0 fully saturated rings. The average Bonchev–Trinajstić information content (AvgIpc) is 3.25. The summed E-state index contributed by atoms with van der Waals surface area (Å²) in [5.41, 5.74) is 2.85. The molecule has 0 aliphatic rings. The molecule has 1 aromatic heterocycles. The van der Waals surface area contributed by atoms with Gasteiger partial charge in [-0.3, -0.25) is 4.99 Å². The number of benzene rings is 2. The third kappa shape index (κ3) is 5.17. The number of nitrogens with zero attached hydrogens (tertiary/aromatic N) is 2. The summed E-state index contributed by atoms with van der Waals surface area (Å²) >= 11 is 1.61. The summed E-state index contributed by atoms with van der Waals surface area (Å²) in [4.78, 5) is 8.96. The number of ether oxygens (including phenoxy) is 3. The molecule has 1 heterocycles. The van der Waals surface area contributed by atoms with Gasteiger partial charge >= 0.3 is 0 Å². The van der Waals surface area contributed by atoms with Gasteiger partial charge in [0, 0.05) is 29.7 Å². The summed E-state index contributed by atoms with van der Waals surface area (Å²) in [7, 11) is 6.60. The van der Waals surface area contributed by atoms with Crippen molar-refractivity contribution in [3.63, 3.8) is 0 Å². The summed E-state index contributed by atoms with van der Waals surface area (Å²) in [5.74, 6) is 2.79. The number of aliphatic imine (C=N–C) groups is 1. The molecule has 29 heavy (non-hydrogen) atoms. The van der Waals surface area contributed by atoms with Gasteiger partial charge in [-0.2, -0.15) is 0 Å². The quantitative estimate of drug-likeness (QED) is 0.451. The van der Waals surface area contributed by atoms with Gasteiger partial charge in [-0.15, -0.1) is 11.3 Å². The highest BCUT2D eigenvalue weighted by Crippen LogP contribution is 2.29. The molecular weight excluding hydrogens is 388 g/mol. The minimum atomic E-state index is 0.555. The third-order valence-corrected chi connectivity index (χ3v) is 5.14. The van der Waals surface area contributed by atoms with Gasteiger partial charge in [-0.05, 0) is 36.4 Å². The highest BCUT2D eigenvalue weighted by Gasteiger charge is 2.08. The van der Waals surface area contributed by atoms with E-state index in [2.05, 4.69) is 15.6 Å². The molecule has 0 unspecified atom stereocenters. The van der Waals surface area contributed by atoms with E-state index >= 15 is 0 Å². The largest absolute Gasteiger partial charge is 0.497 e. The minimum absolute atomic E-state index is 0.555. The Morgan fingerprint density at radius 3 is 2.41 bits per heavy atom. The standard InChI is InChI=1S/C21H24N4O3S/c1-22-21(25-15-7-10-18(27-3)19(11-15)28-4)23-12-16-13-29-20(24-16)14-5-8-17(26-2)9-6-14/h5-11,13H,12H2,1-4H3,(H2,22,23,25). The molecule has 0 aliphatic heterocycles. The summed E-state index contributed by atoms with van der Waals surface area (Å²) in [6.07, 6.45) is 0. The lowest BCUT2D eigenvalue weighted by Crippen LogP contribution is -2.30. The van der Waals surface area contributed by atoms with Crippen LogP contribution in [0, 0.1) is 0 Å². The molecule has 0 saturated heterocycles. The Morgan fingerprint density at radius 1 is 1.00 bits per heavy atom. The van der Waals surface area contributed by atoms with Crippen molar-refractivity contribution in [3.8, 4) is 27.8 Å². The summed E-state index contributed by atoms with van der Waals surface area (Å²) in [5, 5.41) is 9.52. The van der Waals surface area contributed by atoms with Gasteiger partial charge in [-0.25, -0.2) is 4.98 Å². The van der Waals surface area contributed by atoms with E-state index in [1.807, 2.05) is 47.8 Å². The van der Waals surface area contributed by atoms with Gasteiger partial charge in [0.2, 0.25) is 0 Å². The van der Waals surface area contributed by atoms with E-state index in [1.54, 1.807) is 39.7 Å². The SMILES string of the molecule is CN=C(NCc1csc(-c2ccc(OC)cc2)n1)Nc1ccc(OC)c(OC)c1. The minimum Gasteiger partial charge on any atom is -0.497 e. The van der Waals surface area contributed by atoms with Crippen LogP contribution in [0.3, 0.4) is 0 Å².